The van der Waals surface area contributed by atoms with E-state index in [1.54, 1.807) is 0 Å². The number of aliphatic hydroxyl groups is 1. The van der Waals surface area contributed by atoms with Gasteiger partial charge < -0.3 is 9.84 Å². The largest absolute Gasteiger partial charge is 0.461 e. The molecule has 0 aliphatic heterocycles. The van der Waals surface area contributed by atoms with Crippen molar-refractivity contribution in [2.45, 2.75) is 124 Å². The first kappa shape index (κ1) is 28.9. The maximum absolute atomic E-state index is 13.1. The Morgan fingerprint density at radius 1 is 1.05 bits per heavy atom. The second-order valence-corrected chi connectivity index (χ2v) is 14.7. The second kappa shape index (κ2) is 11.7. The standard InChI is InChI=1S/C36H54O3/c1-24(2)10-9-11-25(3)30-17-18-31-29-16-15-27-22-28(37)23-33(36(27,5)32(29)20-21-35(30,31)4)39-34(38)19-14-26-12-7-6-8-13-26/h6-8,12-13,15,24-25,28-33,37H,9-11,14,16-23H2,1-5H3/t25-,28-,29+,30-,31+,32+,33?,35-,36+/m1/s1. The minimum Gasteiger partial charge on any atom is -0.461 e. The number of aliphatic hydroxyl groups excluding tert-OH is 1. The van der Waals surface area contributed by atoms with Crippen LogP contribution in [0.1, 0.15) is 111 Å². The molecule has 0 bridgehead atoms. The molecule has 4 aliphatic carbocycles. The van der Waals surface area contributed by atoms with E-state index in [-0.39, 0.29) is 17.5 Å². The number of hydrogen-bond donors (Lipinski definition) is 1. The third-order valence-corrected chi connectivity index (χ3v) is 12.1. The molecule has 39 heavy (non-hydrogen) atoms. The van der Waals surface area contributed by atoms with E-state index < -0.39 is 6.10 Å². The molecule has 3 heteroatoms. The number of carbonyl (C=O) groups is 1. The molecule has 5 rings (SSSR count). The lowest BCUT2D eigenvalue weighted by atomic mass is 9.46. The van der Waals surface area contributed by atoms with Crippen molar-refractivity contribution in [1.82, 2.24) is 0 Å². The zero-order valence-electron chi connectivity index (χ0n) is 25.3. The molecule has 3 fully saturated rings. The maximum atomic E-state index is 13.1. The number of ether oxygens (including phenoxy) is 1. The SMILES string of the molecule is CC(C)CCC[C@@H](C)[C@H]1CC[C@H]2[C@@H]3CC=C4C[C@@H](O)CC(OC(=O)CCc5ccccc5)[C@]4(C)[C@H]3CC[C@]12C. The Kier molecular flexibility index (Phi) is 8.68. The van der Waals surface area contributed by atoms with Crippen molar-refractivity contribution >= 4 is 5.97 Å². The lowest BCUT2D eigenvalue weighted by molar-refractivity contribution is -0.169. The molecule has 0 heterocycles. The van der Waals surface area contributed by atoms with Gasteiger partial charge in [0.2, 0.25) is 0 Å². The van der Waals surface area contributed by atoms with Gasteiger partial charge in [0, 0.05) is 18.3 Å². The van der Waals surface area contributed by atoms with Crippen molar-refractivity contribution in [3.63, 3.8) is 0 Å². The van der Waals surface area contributed by atoms with Gasteiger partial charge in [0.05, 0.1) is 6.10 Å². The number of carbonyl (C=O) groups excluding carboxylic acids is 1. The molecule has 0 spiro atoms. The van der Waals surface area contributed by atoms with E-state index in [0.717, 1.165) is 36.5 Å². The molecule has 0 amide bonds. The van der Waals surface area contributed by atoms with Crippen LogP contribution in [0.25, 0.3) is 0 Å². The molecule has 0 radical (unpaired) electrons. The molecular formula is C36H54O3. The summed E-state index contributed by atoms with van der Waals surface area (Å²) >= 11 is 0. The predicted molar refractivity (Wildman–Crippen MR) is 159 cm³/mol. The van der Waals surface area contributed by atoms with Gasteiger partial charge >= 0.3 is 5.97 Å². The van der Waals surface area contributed by atoms with E-state index in [4.69, 9.17) is 4.74 Å². The van der Waals surface area contributed by atoms with E-state index in [9.17, 15) is 9.90 Å². The summed E-state index contributed by atoms with van der Waals surface area (Å²) in [4.78, 5) is 13.1. The van der Waals surface area contributed by atoms with E-state index in [1.165, 1.54) is 56.1 Å². The van der Waals surface area contributed by atoms with Crippen LogP contribution in [0.5, 0.6) is 0 Å². The maximum Gasteiger partial charge on any atom is 0.306 e. The molecule has 216 valence electrons. The van der Waals surface area contributed by atoms with Gasteiger partial charge in [-0.05, 0) is 91.4 Å². The average Bonchev–Trinajstić information content (AvgIpc) is 3.26. The van der Waals surface area contributed by atoms with E-state index in [0.29, 0.717) is 36.5 Å². The highest BCUT2D eigenvalue weighted by atomic mass is 16.5. The molecule has 4 aliphatic rings. The van der Waals surface area contributed by atoms with Crippen molar-refractivity contribution in [1.29, 1.82) is 0 Å². The quantitative estimate of drug-likeness (QED) is 0.255. The smallest absolute Gasteiger partial charge is 0.306 e. The molecule has 1 aromatic carbocycles. The van der Waals surface area contributed by atoms with Crippen molar-refractivity contribution in [2.24, 2.45) is 46.3 Å². The van der Waals surface area contributed by atoms with Crippen LogP contribution in [-0.4, -0.2) is 23.3 Å². The molecule has 1 N–H and O–H groups in total. The van der Waals surface area contributed by atoms with Crippen molar-refractivity contribution in [2.75, 3.05) is 0 Å². The zero-order valence-corrected chi connectivity index (χ0v) is 25.3. The van der Waals surface area contributed by atoms with Crippen molar-refractivity contribution in [3.8, 4) is 0 Å². The summed E-state index contributed by atoms with van der Waals surface area (Å²) in [5, 5.41) is 10.8. The highest BCUT2D eigenvalue weighted by Gasteiger charge is 2.61. The van der Waals surface area contributed by atoms with Gasteiger partial charge in [-0.3, -0.25) is 4.79 Å². The summed E-state index contributed by atoms with van der Waals surface area (Å²) in [7, 11) is 0. The minimum atomic E-state index is -0.413. The average molecular weight is 535 g/mol. The fourth-order valence-corrected chi connectivity index (χ4v) is 9.98. The molecule has 0 saturated heterocycles. The van der Waals surface area contributed by atoms with Crippen molar-refractivity contribution in [3.05, 3.63) is 47.5 Å². The van der Waals surface area contributed by atoms with Gasteiger partial charge in [-0.25, -0.2) is 0 Å². The zero-order chi connectivity index (χ0) is 27.8. The third kappa shape index (κ3) is 5.64. The summed E-state index contributed by atoms with van der Waals surface area (Å²) in [5.74, 6) is 4.33. The van der Waals surface area contributed by atoms with Gasteiger partial charge in [-0.1, -0.05) is 95.9 Å². The third-order valence-electron chi connectivity index (χ3n) is 12.1. The number of hydrogen-bond acceptors (Lipinski definition) is 3. The number of aryl methyl sites for hydroxylation is 1. The van der Waals surface area contributed by atoms with Gasteiger partial charge in [-0.15, -0.1) is 0 Å². The summed E-state index contributed by atoms with van der Waals surface area (Å²) in [6.07, 6.45) is 14.8. The molecule has 3 saturated carbocycles. The minimum absolute atomic E-state index is 0.113. The van der Waals surface area contributed by atoms with Gasteiger partial charge in [-0.2, -0.15) is 0 Å². The first-order valence-corrected chi connectivity index (χ1v) is 16.2. The molecule has 3 nitrogen and oxygen atoms in total. The highest BCUT2D eigenvalue weighted by Crippen LogP contribution is 2.67. The fourth-order valence-electron chi connectivity index (χ4n) is 9.98. The molecule has 9 atom stereocenters. The van der Waals surface area contributed by atoms with Crippen LogP contribution in [0.15, 0.2) is 42.0 Å². The Morgan fingerprint density at radius 2 is 1.82 bits per heavy atom. The van der Waals surface area contributed by atoms with Crippen LogP contribution < -0.4 is 0 Å². The van der Waals surface area contributed by atoms with Crippen molar-refractivity contribution < 1.29 is 14.6 Å². The van der Waals surface area contributed by atoms with Crippen LogP contribution in [0.4, 0.5) is 0 Å². The number of allylic oxidation sites excluding steroid dienone is 1. The first-order chi connectivity index (χ1) is 18.6. The normalized spacial score (nSPS) is 38.4. The van der Waals surface area contributed by atoms with E-state index in [1.807, 2.05) is 18.2 Å². The molecule has 1 aromatic rings. The van der Waals surface area contributed by atoms with E-state index >= 15 is 0 Å². The summed E-state index contributed by atoms with van der Waals surface area (Å²) in [5.41, 5.74) is 2.83. The summed E-state index contributed by atoms with van der Waals surface area (Å²) < 4.78 is 6.32. The lowest BCUT2D eigenvalue weighted by Crippen LogP contribution is -2.56. The number of esters is 1. The fraction of sp³-hybridized carbons (Fsp3) is 0.750. The molecule has 1 unspecified atom stereocenters. The Balaban J connectivity index is 1.30. The van der Waals surface area contributed by atoms with Gasteiger partial charge in [0.25, 0.3) is 0 Å². The predicted octanol–water partition coefficient (Wildman–Crippen LogP) is 8.54. The monoisotopic (exact) mass is 534 g/mol. The number of benzene rings is 1. The number of fused-ring (bicyclic) bond motifs is 5. The van der Waals surface area contributed by atoms with E-state index in [2.05, 4.69) is 52.8 Å². The lowest BCUT2D eigenvalue weighted by Gasteiger charge is -2.60. The van der Waals surface area contributed by atoms with Crippen LogP contribution >= 0.6 is 0 Å². The molecule has 0 aromatic heterocycles. The van der Waals surface area contributed by atoms with Gasteiger partial charge in [0.15, 0.2) is 0 Å². The first-order valence-electron chi connectivity index (χ1n) is 16.2. The topological polar surface area (TPSA) is 46.5 Å². The van der Waals surface area contributed by atoms with Crippen LogP contribution in [-0.2, 0) is 16.0 Å². The summed E-state index contributed by atoms with van der Waals surface area (Å²) in [6.45, 7) is 12.3. The Morgan fingerprint density at radius 3 is 2.56 bits per heavy atom. The summed E-state index contributed by atoms with van der Waals surface area (Å²) in [6, 6.07) is 10.2. The van der Waals surface area contributed by atoms with Crippen LogP contribution in [0.3, 0.4) is 0 Å². The Labute approximate surface area is 238 Å². The van der Waals surface area contributed by atoms with Gasteiger partial charge in [0.1, 0.15) is 6.10 Å². The van der Waals surface area contributed by atoms with Crippen LogP contribution in [0, 0.1) is 46.3 Å². The Hall–Kier alpha value is -1.61. The molecular weight excluding hydrogens is 480 g/mol. The Bertz CT molecular complexity index is 1010. The van der Waals surface area contributed by atoms with Crippen LogP contribution in [0.2, 0.25) is 0 Å². The highest BCUT2D eigenvalue weighted by molar-refractivity contribution is 5.70. The number of rotatable bonds is 9. The second-order valence-electron chi connectivity index (χ2n) is 14.7.